The molecule has 0 radical (unpaired) electrons. The first kappa shape index (κ1) is 10.6. The van der Waals surface area contributed by atoms with Crippen LogP contribution in [0.15, 0.2) is 48.5 Å². The molecule has 3 heteroatoms. The van der Waals surface area contributed by atoms with Gasteiger partial charge >= 0.3 is 0 Å². The van der Waals surface area contributed by atoms with E-state index in [0.717, 1.165) is 20.5 Å². The zero-order valence-electron chi connectivity index (χ0n) is 8.85. The summed E-state index contributed by atoms with van der Waals surface area (Å²) in [5.74, 6) is 0.318. The summed E-state index contributed by atoms with van der Waals surface area (Å²) in [5.41, 5.74) is 1.03. The lowest BCUT2D eigenvalue weighted by Crippen LogP contribution is -1.71. The van der Waals surface area contributed by atoms with Gasteiger partial charge in [0.2, 0.25) is 0 Å². The lowest BCUT2D eigenvalue weighted by Gasteiger charge is -1.97. The van der Waals surface area contributed by atoms with Gasteiger partial charge in [-0.3, -0.25) is 0 Å². The van der Waals surface area contributed by atoms with Gasteiger partial charge in [-0.25, -0.2) is 0 Å². The number of halogens is 1. The van der Waals surface area contributed by atoms with Crippen LogP contribution in [0, 0.1) is 0 Å². The molecule has 0 spiro atoms. The Kier molecular flexibility index (Phi) is 2.54. The Bertz CT molecular complexity index is 673. The van der Waals surface area contributed by atoms with Crippen LogP contribution in [0.2, 0.25) is 5.02 Å². The minimum Gasteiger partial charge on any atom is -0.506 e. The van der Waals surface area contributed by atoms with E-state index >= 15 is 0 Å². The minimum absolute atomic E-state index is 0.318. The summed E-state index contributed by atoms with van der Waals surface area (Å²) < 4.78 is 1.05. The summed E-state index contributed by atoms with van der Waals surface area (Å²) in [6, 6.07) is 15.5. The molecule has 1 heterocycles. The summed E-state index contributed by atoms with van der Waals surface area (Å²) >= 11 is 7.52. The number of thiophene rings is 1. The monoisotopic (exact) mass is 260 g/mol. The first-order chi connectivity index (χ1) is 8.25. The molecule has 0 saturated heterocycles. The molecule has 84 valence electrons. The van der Waals surface area contributed by atoms with Gasteiger partial charge in [-0.1, -0.05) is 41.9 Å². The minimum atomic E-state index is 0.318. The molecule has 0 aliphatic carbocycles. The van der Waals surface area contributed by atoms with Crippen LogP contribution in [0.25, 0.3) is 20.5 Å². The number of hydrogen-bond acceptors (Lipinski definition) is 2. The highest BCUT2D eigenvalue weighted by Crippen LogP contribution is 2.44. The Morgan fingerprint density at radius 1 is 1.00 bits per heavy atom. The lowest BCUT2D eigenvalue weighted by molar-refractivity contribution is 0.485. The van der Waals surface area contributed by atoms with Crippen LogP contribution in [-0.2, 0) is 0 Å². The van der Waals surface area contributed by atoms with E-state index in [9.17, 15) is 5.11 Å². The van der Waals surface area contributed by atoms with Crippen molar-refractivity contribution in [3.8, 4) is 16.2 Å². The van der Waals surface area contributed by atoms with Crippen LogP contribution in [0.4, 0.5) is 0 Å². The van der Waals surface area contributed by atoms with Crippen LogP contribution in [0.1, 0.15) is 0 Å². The van der Waals surface area contributed by atoms with Gasteiger partial charge in [-0.15, -0.1) is 11.3 Å². The second kappa shape index (κ2) is 4.06. The Balaban J connectivity index is 2.28. The zero-order chi connectivity index (χ0) is 11.8. The maximum atomic E-state index is 10.2. The summed E-state index contributed by atoms with van der Waals surface area (Å²) in [7, 11) is 0. The van der Waals surface area contributed by atoms with Crippen LogP contribution >= 0.6 is 22.9 Å². The Hall–Kier alpha value is -1.51. The standard InChI is InChI=1S/C14H9ClOS/c15-10-6-7-12-11(8-10)13(16)14(17-12)9-4-2-1-3-5-9/h1-8,16H. The molecule has 2 aromatic carbocycles. The topological polar surface area (TPSA) is 20.2 Å². The second-order valence-electron chi connectivity index (χ2n) is 3.79. The van der Waals surface area contributed by atoms with E-state index in [1.807, 2.05) is 42.5 Å². The van der Waals surface area contributed by atoms with Gasteiger partial charge in [0.25, 0.3) is 0 Å². The maximum Gasteiger partial charge on any atom is 0.142 e. The van der Waals surface area contributed by atoms with Crippen molar-refractivity contribution >= 4 is 33.0 Å². The van der Waals surface area contributed by atoms with Gasteiger partial charge in [0.05, 0.1) is 4.88 Å². The number of hydrogen-bond donors (Lipinski definition) is 1. The molecule has 3 aromatic rings. The predicted molar refractivity (Wildman–Crippen MR) is 73.9 cm³/mol. The van der Waals surface area contributed by atoms with Gasteiger partial charge in [0, 0.05) is 15.1 Å². The fourth-order valence-electron chi connectivity index (χ4n) is 1.84. The van der Waals surface area contributed by atoms with E-state index in [0.29, 0.717) is 10.8 Å². The maximum absolute atomic E-state index is 10.2. The van der Waals surface area contributed by atoms with E-state index in [4.69, 9.17) is 11.6 Å². The number of rotatable bonds is 1. The molecule has 1 nitrogen and oxygen atoms in total. The van der Waals surface area contributed by atoms with E-state index in [1.54, 1.807) is 17.4 Å². The summed E-state index contributed by atoms with van der Waals surface area (Å²) in [6.45, 7) is 0. The van der Waals surface area contributed by atoms with Crippen molar-refractivity contribution in [2.75, 3.05) is 0 Å². The third kappa shape index (κ3) is 1.79. The van der Waals surface area contributed by atoms with Gasteiger partial charge in [0.1, 0.15) is 5.75 Å². The molecule has 3 rings (SSSR count). The zero-order valence-corrected chi connectivity index (χ0v) is 10.4. The fourth-order valence-corrected chi connectivity index (χ4v) is 3.10. The smallest absolute Gasteiger partial charge is 0.142 e. The van der Waals surface area contributed by atoms with Gasteiger partial charge < -0.3 is 5.11 Å². The van der Waals surface area contributed by atoms with E-state index < -0.39 is 0 Å². The first-order valence-electron chi connectivity index (χ1n) is 5.22. The SMILES string of the molecule is Oc1c(-c2ccccc2)sc2ccc(Cl)cc12. The molecule has 0 aliphatic rings. The lowest BCUT2D eigenvalue weighted by atomic mass is 10.1. The number of aromatic hydroxyl groups is 1. The highest BCUT2D eigenvalue weighted by molar-refractivity contribution is 7.22. The molecule has 17 heavy (non-hydrogen) atoms. The molecular weight excluding hydrogens is 252 g/mol. The highest BCUT2D eigenvalue weighted by atomic mass is 35.5. The van der Waals surface area contributed by atoms with Crippen molar-refractivity contribution in [3.63, 3.8) is 0 Å². The normalized spacial score (nSPS) is 10.9. The molecular formula is C14H9ClOS. The third-order valence-electron chi connectivity index (χ3n) is 2.66. The average Bonchev–Trinajstić information content (AvgIpc) is 2.68. The van der Waals surface area contributed by atoms with Crippen LogP contribution in [0.3, 0.4) is 0 Å². The predicted octanol–water partition coefficient (Wildman–Crippen LogP) is 4.93. The molecule has 0 atom stereocenters. The van der Waals surface area contributed by atoms with Gasteiger partial charge in [-0.05, 0) is 23.8 Å². The van der Waals surface area contributed by atoms with Crippen molar-refractivity contribution in [3.05, 3.63) is 53.6 Å². The molecule has 1 N–H and O–H groups in total. The van der Waals surface area contributed by atoms with E-state index in [-0.39, 0.29) is 0 Å². The molecule has 1 aromatic heterocycles. The first-order valence-corrected chi connectivity index (χ1v) is 6.41. The van der Waals surface area contributed by atoms with E-state index in [2.05, 4.69) is 0 Å². The summed E-state index contributed by atoms with van der Waals surface area (Å²) in [4.78, 5) is 0.892. The molecule has 0 aliphatic heterocycles. The Labute approximate surface area is 108 Å². The summed E-state index contributed by atoms with van der Waals surface area (Å²) in [5, 5.41) is 11.7. The van der Waals surface area contributed by atoms with Gasteiger partial charge in [-0.2, -0.15) is 0 Å². The number of benzene rings is 2. The fraction of sp³-hybridized carbons (Fsp3) is 0. The second-order valence-corrected chi connectivity index (χ2v) is 5.27. The van der Waals surface area contributed by atoms with Crippen LogP contribution < -0.4 is 0 Å². The summed E-state index contributed by atoms with van der Waals surface area (Å²) in [6.07, 6.45) is 0. The van der Waals surface area contributed by atoms with Crippen molar-refractivity contribution in [1.29, 1.82) is 0 Å². The number of fused-ring (bicyclic) bond motifs is 1. The van der Waals surface area contributed by atoms with Crippen molar-refractivity contribution < 1.29 is 5.11 Å². The third-order valence-corrected chi connectivity index (χ3v) is 4.10. The molecule has 0 saturated carbocycles. The van der Waals surface area contributed by atoms with Crippen LogP contribution in [0.5, 0.6) is 5.75 Å². The van der Waals surface area contributed by atoms with Gasteiger partial charge in [0.15, 0.2) is 0 Å². The van der Waals surface area contributed by atoms with Crippen LogP contribution in [-0.4, -0.2) is 5.11 Å². The quantitative estimate of drug-likeness (QED) is 0.658. The van der Waals surface area contributed by atoms with Crippen molar-refractivity contribution in [1.82, 2.24) is 0 Å². The van der Waals surface area contributed by atoms with E-state index in [1.165, 1.54) is 0 Å². The van der Waals surface area contributed by atoms with Crippen molar-refractivity contribution in [2.24, 2.45) is 0 Å². The largest absolute Gasteiger partial charge is 0.506 e. The Morgan fingerprint density at radius 2 is 1.76 bits per heavy atom. The molecule has 0 fully saturated rings. The molecule has 0 bridgehead atoms. The van der Waals surface area contributed by atoms with Crippen molar-refractivity contribution in [2.45, 2.75) is 0 Å². The molecule has 0 unspecified atom stereocenters. The highest BCUT2D eigenvalue weighted by Gasteiger charge is 2.12. The Morgan fingerprint density at radius 3 is 2.53 bits per heavy atom. The molecule has 0 amide bonds. The average molecular weight is 261 g/mol.